The number of carbonyl (C=O) groups is 1. The molecule has 0 saturated carbocycles. The average molecular weight is 294 g/mol. The van der Waals surface area contributed by atoms with Crippen LogP contribution in [0.25, 0.3) is 11.0 Å². The van der Waals surface area contributed by atoms with Gasteiger partial charge in [-0.15, -0.1) is 0 Å². The third-order valence-corrected chi connectivity index (χ3v) is 3.67. The fourth-order valence-electron chi connectivity index (χ4n) is 2.47. The summed E-state index contributed by atoms with van der Waals surface area (Å²) in [7, 11) is 1.78. The van der Waals surface area contributed by atoms with Crippen LogP contribution in [0.4, 0.5) is 11.4 Å². The normalized spacial score (nSPS) is 10.6. The minimum Gasteiger partial charge on any atom is -0.449 e. The van der Waals surface area contributed by atoms with E-state index in [1.807, 2.05) is 48.5 Å². The molecule has 0 aliphatic heterocycles. The van der Waals surface area contributed by atoms with Crippen LogP contribution >= 0.6 is 0 Å². The van der Waals surface area contributed by atoms with Gasteiger partial charge in [-0.25, -0.2) is 0 Å². The third kappa shape index (κ3) is 2.55. The van der Waals surface area contributed by atoms with Crippen molar-refractivity contribution in [3.05, 3.63) is 59.9 Å². The van der Waals surface area contributed by atoms with Gasteiger partial charge in [0.1, 0.15) is 5.58 Å². The first-order valence-electron chi connectivity index (χ1n) is 7.32. The van der Waals surface area contributed by atoms with E-state index < -0.39 is 0 Å². The Morgan fingerprint density at radius 2 is 1.82 bits per heavy atom. The van der Waals surface area contributed by atoms with Gasteiger partial charge in [-0.1, -0.05) is 31.2 Å². The van der Waals surface area contributed by atoms with E-state index in [9.17, 15) is 4.79 Å². The zero-order chi connectivity index (χ0) is 15.5. The van der Waals surface area contributed by atoms with Crippen LogP contribution in [0.3, 0.4) is 0 Å². The van der Waals surface area contributed by atoms with Crippen molar-refractivity contribution >= 4 is 28.3 Å². The van der Waals surface area contributed by atoms with Crippen LogP contribution in [0.5, 0.6) is 0 Å². The summed E-state index contributed by atoms with van der Waals surface area (Å²) in [4.78, 5) is 12.5. The number of hydrogen-bond acceptors (Lipinski definition) is 3. The maximum Gasteiger partial charge on any atom is 0.293 e. The van der Waals surface area contributed by atoms with Gasteiger partial charge in [-0.2, -0.15) is 0 Å². The smallest absolute Gasteiger partial charge is 0.293 e. The van der Waals surface area contributed by atoms with E-state index in [1.165, 1.54) is 5.56 Å². The van der Waals surface area contributed by atoms with Crippen molar-refractivity contribution in [1.29, 1.82) is 0 Å². The lowest BCUT2D eigenvalue weighted by Crippen LogP contribution is -2.12. The molecule has 4 heteroatoms. The van der Waals surface area contributed by atoms with E-state index in [0.717, 1.165) is 17.5 Å². The van der Waals surface area contributed by atoms with Crippen LogP contribution in [-0.2, 0) is 6.42 Å². The third-order valence-electron chi connectivity index (χ3n) is 3.67. The molecule has 1 heterocycles. The number of anilines is 2. The zero-order valence-electron chi connectivity index (χ0n) is 12.6. The number of fused-ring (bicyclic) bond motifs is 1. The zero-order valence-corrected chi connectivity index (χ0v) is 12.6. The summed E-state index contributed by atoms with van der Waals surface area (Å²) in [5.74, 6) is 0.0352. The molecule has 3 rings (SSSR count). The summed E-state index contributed by atoms with van der Waals surface area (Å²) in [5.41, 5.74) is 3.39. The monoisotopic (exact) mass is 294 g/mol. The van der Waals surface area contributed by atoms with Gasteiger partial charge in [-0.3, -0.25) is 4.79 Å². The Kier molecular flexibility index (Phi) is 3.83. The number of rotatable bonds is 4. The van der Waals surface area contributed by atoms with Crippen LogP contribution in [0.1, 0.15) is 23.0 Å². The first kappa shape index (κ1) is 14.2. The number of para-hydroxylation sites is 1. The summed E-state index contributed by atoms with van der Waals surface area (Å²) in [6.45, 7) is 2.10. The molecule has 1 aromatic heterocycles. The fourth-order valence-corrected chi connectivity index (χ4v) is 2.47. The molecule has 0 aliphatic rings. The second-order valence-electron chi connectivity index (χ2n) is 5.06. The maximum atomic E-state index is 12.5. The molecule has 0 unspecified atom stereocenters. The lowest BCUT2D eigenvalue weighted by molar-refractivity contribution is 0.0999. The number of nitrogens with one attached hydrogen (secondary N) is 2. The van der Waals surface area contributed by atoms with E-state index >= 15 is 0 Å². The largest absolute Gasteiger partial charge is 0.449 e. The lowest BCUT2D eigenvalue weighted by Gasteiger charge is -2.06. The second-order valence-corrected chi connectivity index (χ2v) is 5.06. The predicted molar refractivity (Wildman–Crippen MR) is 89.5 cm³/mol. The quantitative estimate of drug-likeness (QED) is 0.754. The molecule has 0 bridgehead atoms. The van der Waals surface area contributed by atoms with Crippen molar-refractivity contribution in [3.63, 3.8) is 0 Å². The molecule has 0 aliphatic carbocycles. The van der Waals surface area contributed by atoms with Crippen LogP contribution in [0.2, 0.25) is 0 Å². The molecule has 0 saturated heterocycles. The second kappa shape index (κ2) is 5.93. The molecular formula is C18H18N2O2. The van der Waals surface area contributed by atoms with Crippen molar-refractivity contribution in [2.45, 2.75) is 13.3 Å². The maximum absolute atomic E-state index is 12.5. The number of carbonyl (C=O) groups excluding carboxylic acids is 1. The molecule has 2 N–H and O–H groups in total. The minimum atomic E-state index is -0.259. The van der Waals surface area contributed by atoms with Gasteiger partial charge in [0.2, 0.25) is 5.76 Å². The highest BCUT2D eigenvalue weighted by atomic mass is 16.3. The molecule has 0 atom stereocenters. The average Bonchev–Trinajstić information content (AvgIpc) is 2.94. The SMILES string of the molecule is CCc1ccc(NC(=O)c2oc3ccccc3c2NC)cc1. The van der Waals surface area contributed by atoms with Crippen LogP contribution in [-0.4, -0.2) is 13.0 Å². The van der Waals surface area contributed by atoms with Gasteiger partial charge in [0.15, 0.2) is 0 Å². The number of hydrogen-bond donors (Lipinski definition) is 2. The number of furan rings is 1. The molecule has 4 nitrogen and oxygen atoms in total. The van der Waals surface area contributed by atoms with E-state index in [1.54, 1.807) is 7.05 Å². The molecular weight excluding hydrogens is 276 g/mol. The standard InChI is InChI=1S/C18H18N2O2/c1-3-12-8-10-13(11-9-12)20-18(21)17-16(19-2)14-6-4-5-7-15(14)22-17/h4-11,19H,3H2,1-2H3,(H,20,21). The Hall–Kier alpha value is -2.75. The van der Waals surface area contributed by atoms with Crippen molar-refractivity contribution in [2.75, 3.05) is 17.7 Å². The van der Waals surface area contributed by atoms with Crippen LogP contribution in [0.15, 0.2) is 52.9 Å². The minimum absolute atomic E-state index is 0.259. The predicted octanol–water partition coefficient (Wildman–Crippen LogP) is 4.29. The Balaban J connectivity index is 1.91. The summed E-state index contributed by atoms with van der Waals surface area (Å²) in [6, 6.07) is 15.4. The van der Waals surface area contributed by atoms with E-state index in [2.05, 4.69) is 17.6 Å². The van der Waals surface area contributed by atoms with Crippen molar-refractivity contribution in [3.8, 4) is 0 Å². The number of aryl methyl sites for hydroxylation is 1. The van der Waals surface area contributed by atoms with Gasteiger partial charge in [-0.05, 0) is 36.2 Å². The Morgan fingerprint density at radius 3 is 2.50 bits per heavy atom. The first-order chi connectivity index (χ1) is 10.7. The molecule has 0 spiro atoms. The van der Waals surface area contributed by atoms with Crippen molar-refractivity contribution in [2.24, 2.45) is 0 Å². The lowest BCUT2D eigenvalue weighted by atomic mass is 10.1. The van der Waals surface area contributed by atoms with Gasteiger partial charge < -0.3 is 15.1 Å². The van der Waals surface area contributed by atoms with E-state index in [-0.39, 0.29) is 5.91 Å². The van der Waals surface area contributed by atoms with Crippen LogP contribution < -0.4 is 10.6 Å². The van der Waals surface area contributed by atoms with E-state index in [0.29, 0.717) is 17.0 Å². The van der Waals surface area contributed by atoms with Gasteiger partial charge in [0.25, 0.3) is 5.91 Å². The molecule has 112 valence electrons. The number of benzene rings is 2. The molecule has 0 radical (unpaired) electrons. The topological polar surface area (TPSA) is 54.3 Å². The Morgan fingerprint density at radius 1 is 1.09 bits per heavy atom. The molecule has 22 heavy (non-hydrogen) atoms. The molecule has 0 fully saturated rings. The summed E-state index contributed by atoms with van der Waals surface area (Å²) in [6.07, 6.45) is 0.974. The van der Waals surface area contributed by atoms with Gasteiger partial charge in [0.05, 0.1) is 5.69 Å². The summed E-state index contributed by atoms with van der Waals surface area (Å²) < 4.78 is 5.69. The Bertz CT molecular complexity index is 804. The highest BCUT2D eigenvalue weighted by Crippen LogP contribution is 2.30. The highest BCUT2D eigenvalue weighted by Gasteiger charge is 2.19. The van der Waals surface area contributed by atoms with E-state index in [4.69, 9.17) is 4.42 Å². The molecule has 2 aromatic carbocycles. The molecule has 3 aromatic rings. The summed E-state index contributed by atoms with van der Waals surface area (Å²) >= 11 is 0. The fraction of sp³-hybridized carbons (Fsp3) is 0.167. The van der Waals surface area contributed by atoms with Crippen molar-refractivity contribution < 1.29 is 9.21 Å². The Labute approximate surface area is 129 Å². The van der Waals surface area contributed by atoms with Crippen molar-refractivity contribution in [1.82, 2.24) is 0 Å². The van der Waals surface area contributed by atoms with Gasteiger partial charge >= 0.3 is 0 Å². The molecule has 1 amide bonds. The highest BCUT2D eigenvalue weighted by molar-refractivity contribution is 6.11. The first-order valence-corrected chi connectivity index (χ1v) is 7.32. The number of amides is 1. The van der Waals surface area contributed by atoms with Gasteiger partial charge in [0, 0.05) is 18.1 Å². The van der Waals surface area contributed by atoms with Crippen LogP contribution in [0, 0.1) is 0 Å². The summed E-state index contributed by atoms with van der Waals surface area (Å²) in [5, 5.41) is 6.82.